The van der Waals surface area contributed by atoms with E-state index >= 15 is 0 Å². The molecule has 15 heavy (non-hydrogen) atoms. The van der Waals surface area contributed by atoms with Crippen molar-refractivity contribution < 1.29 is 9.00 Å². The van der Waals surface area contributed by atoms with Crippen LogP contribution in [0, 0.1) is 5.41 Å². The molecule has 0 rings (SSSR count). The van der Waals surface area contributed by atoms with Crippen molar-refractivity contribution in [2.75, 3.05) is 13.3 Å². The molecule has 0 heterocycles. The Balaban J connectivity index is 5.25. The van der Waals surface area contributed by atoms with Gasteiger partial charge in [0.2, 0.25) is 0 Å². The fraction of sp³-hybridized carbons (Fsp3) is 0.900. The molecule has 0 spiro atoms. The lowest BCUT2D eigenvalue weighted by Gasteiger charge is -2.30. The summed E-state index contributed by atoms with van der Waals surface area (Å²) in [5, 5.41) is 2.70. The maximum atomic E-state index is 12.3. The van der Waals surface area contributed by atoms with Gasteiger partial charge in [0.05, 0.1) is 15.1 Å². The van der Waals surface area contributed by atoms with Gasteiger partial charge in [-0.05, 0) is 12.5 Å². The normalized spacial score (nSPS) is 18.0. The SMILES string of the molecule is CCC(=O)N=S(C)(=O)C(NC)C(C)(C)C. The van der Waals surface area contributed by atoms with Crippen LogP contribution in [0.1, 0.15) is 34.1 Å². The van der Waals surface area contributed by atoms with Crippen molar-refractivity contribution in [1.29, 1.82) is 0 Å². The predicted octanol–water partition coefficient (Wildman–Crippen LogP) is 1.61. The highest BCUT2D eigenvalue weighted by Crippen LogP contribution is 2.24. The van der Waals surface area contributed by atoms with Gasteiger partial charge in [-0.25, -0.2) is 4.21 Å². The van der Waals surface area contributed by atoms with Crippen LogP contribution >= 0.6 is 0 Å². The Morgan fingerprint density at radius 1 is 1.47 bits per heavy atom. The van der Waals surface area contributed by atoms with Gasteiger partial charge in [0, 0.05) is 12.7 Å². The average Bonchev–Trinajstić information content (AvgIpc) is 2.00. The van der Waals surface area contributed by atoms with Gasteiger partial charge < -0.3 is 5.32 Å². The summed E-state index contributed by atoms with van der Waals surface area (Å²) < 4.78 is 16.1. The third-order valence-electron chi connectivity index (χ3n) is 2.07. The van der Waals surface area contributed by atoms with Crippen LogP contribution in [0.4, 0.5) is 0 Å². The lowest BCUT2D eigenvalue weighted by Crippen LogP contribution is -2.44. The fourth-order valence-corrected chi connectivity index (χ4v) is 4.02. The minimum atomic E-state index is -2.53. The summed E-state index contributed by atoms with van der Waals surface area (Å²) in [6.45, 7) is 7.64. The van der Waals surface area contributed by atoms with Crippen molar-refractivity contribution in [3.05, 3.63) is 0 Å². The van der Waals surface area contributed by atoms with E-state index in [1.54, 1.807) is 14.0 Å². The molecule has 0 saturated heterocycles. The van der Waals surface area contributed by atoms with Crippen LogP contribution in [-0.2, 0) is 14.5 Å². The number of nitrogens with zero attached hydrogens (tertiary/aromatic N) is 1. The Kier molecular flexibility index (Phi) is 4.93. The van der Waals surface area contributed by atoms with Crippen molar-refractivity contribution in [3.8, 4) is 0 Å². The highest BCUT2D eigenvalue weighted by molar-refractivity contribution is 7.93. The van der Waals surface area contributed by atoms with E-state index < -0.39 is 9.73 Å². The summed E-state index contributed by atoms with van der Waals surface area (Å²) in [5.74, 6) is -0.299. The number of nitrogens with one attached hydrogen (secondary N) is 1. The lowest BCUT2D eigenvalue weighted by molar-refractivity contribution is -0.117. The van der Waals surface area contributed by atoms with Crippen molar-refractivity contribution in [2.45, 2.75) is 39.5 Å². The Bertz CT molecular complexity index is 336. The molecular formula is C10H22N2O2S. The summed E-state index contributed by atoms with van der Waals surface area (Å²) in [5.41, 5.74) is -0.196. The monoisotopic (exact) mass is 234 g/mol. The number of carbonyl (C=O) groups is 1. The van der Waals surface area contributed by atoms with E-state index in [1.807, 2.05) is 20.8 Å². The van der Waals surface area contributed by atoms with E-state index in [2.05, 4.69) is 9.68 Å². The van der Waals surface area contributed by atoms with Crippen molar-refractivity contribution in [3.63, 3.8) is 0 Å². The highest BCUT2D eigenvalue weighted by Gasteiger charge is 2.30. The number of amides is 1. The maximum Gasteiger partial charge on any atom is 0.253 e. The lowest BCUT2D eigenvalue weighted by atomic mass is 9.97. The van der Waals surface area contributed by atoms with E-state index in [4.69, 9.17) is 0 Å². The van der Waals surface area contributed by atoms with Crippen LogP contribution in [-0.4, -0.2) is 28.8 Å². The van der Waals surface area contributed by atoms with E-state index in [1.165, 1.54) is 6.26 Å². The summed E-state index contributed by atoms with van der Waals surface area (Å²) in [6, 6.07) is 0. The molecule has 1 amide bonds. The topological polar surface area (TPSA) is 58.5 Å². The minimum absolute atomic E-state index is 0.196. The fourth-order valence-electron chi connectivity index (χ4n) is 1.63. The number of carbonyl (C=O) groups excluding carboxylic acids is 1. The van der Waals surface area contributed by atoms with Gasteiger partial charge in [-0.1, -0.05) is 27.7 Å². The predicted molar refractivity (Wildman–Crippen MR) is 64.1 cm³/mol. The zero-order valence-corrected chi connectivity index (χ0v) is 11.3. The van der Waals surface area contributed by atoms with Crippen LogP contribution in [0.3, 0.4) is 0 Å². The Morgan fingerprint density at radius 3 is 2.20 bits per heavy atom. The second-order valence-electron chi connectivity index (χ2n) is 4.73. The first-order valence-corrected chi connectivity index (χ1v) is 7.05. The van der Waals surface area contributed by atoms with Crippen LogP contribution in [0.5, 0.6) is 0 Å². The van der Waals surface area contributed by atoms with Crippen molar-refractivity contribution in [1.82, 2.24) is 5.32 Å². The first-order chi connectivity index (χ1) is 6.65. The molecule has 0 bridgehead atoms. The largest absolute Gasteiger partial charge is 0.305 e. The molecule has 2 unspecified atom stereocenters. The van der Waals surface area contributed by atoms with E-state index in [0.717, 1.165) is 0 Å². The first-order valence-electron chi connectivity index (χ1n) is 5.06. The molecule has 0 aliphatic rings. The Labute approximate surface area is 93.0 Å². The summed E-state index contributed by atoms with van der Waals surface area (Å²) in [4.78, 5) is 11.2. The summed E-state index contributed by atoms with van der Waals surface area (Å²) in [6.07, 6.45) is 1.83. The quantitative estimate of drug-likeness (QED) is 0.807. The molecule has 0 aromatic carbocycles. The van der Waals surface area contributed by atoms with Crippen molar-refractivity contribution in [2.24, 2.45) is 9.78 Å². The summed E-state index contributed by atoms with van der Waals surface area (Å²) >= 11 is 0. The van der Waals surface area contributed by atoms with Crippen LogP contribution in [0.2, 0.25) is 0 Å². The third-order valence-corrected chi connectivity index (χ3v) is 4.46. The minimum Gasteiger partial charge on any atom is -0.305 e. The first kappa shape index (κ1) is 14.6. The molecule has 90 valence electrons. The van der Waals surface area contributed by atoms with Crippen LogP contribution in [0.15, 0.2) is 4.36 Å². The molecule has 4 nitrogen and oxygen atoms in total. The smallest absolute Gasteiger partial charge is 0.253 e. The van der Waals surface area contributed by atoms with Gasteiger partial charge in [0.15, 0.2) is 0 Å². The van der Waals surface area contributed by atoms with Gasteiger partial charge in [-0.2, -0.15) is 4.36 Å². The second kappa shape index (κ2) is 5.07. The molecule has 0 aromatic heterocycles. The number of rotatable bonds is 3. The van der Waals surface area contributed by atoms with E-state index in [9.17, 15) is 9.00 Å². The van der Waals surface area contributed by atoms with Gasteiger partial charge >= 0.3 is 0 Å². The second-order valence-corrected chi connectivity index (χ2v) is 7.11. The number of hydrogen-bond acceptors (Lipinski definition) is 3. The van der Waals surface area contributed by atoms with Crippen LogP contribution < -0.4 is 5.32 Å². The van der Waals surface area contributed by atoms with Gasteiger partial charge in [-0.3, -0.25) is 4.79 Å². The molecule has 1 N–H and O–H groups in total. The summed E-state index contributed by atoms with van der Waals surface area (Å²) in [7, 11) is -0.786. The molecule has 0 radical (unpaired) electrons. The molecule has 0 fully saturated rings. The molecular weight excluding hydrogens is 212 g/mol. The zero-order chi connectivity index (χ0) is 12.3. The highest BCUT2D eigenvalue weighted by atomic mass is 32.2. The average molecular weight is 234 g/mol. The third kappa shape index (κ3) is 4.30. The van der Waals surface area contributed by atoms with Gasteiger partial charge in [-0.15, -0.1) is 0 Å². The van der Waals surface area contributed by atoms with E-state index in [-0.39, 0.29) is 16.7 Å². The van der Waals surface area contributed by atoms with E-state index in [0.29, 0.717) is 6.42 Å². The number of hydrogen-bond donors (Lipinski definition) is 1. The molecule has 0 aliphatic carbocycles. The van der Waals surface area contributed by atoms with Crippen molar-refractivity contribution >= 4 is 15.6 Å². The molecule has 2 atom stereocenters. The molecule has 0 saturated carbocycles. The molecule has 0 aromatic rings. The Morgan fingerprint density at radius 2 is 1.93 bits per heavy atom. The van der Waals surface area contributed by atoms with Gasteiger partial charge in [0.1, 0.15) is 0 Å². The van der Waals surface area contributed by atoms with Crippen LogP contribution in [0.25, 0.3) is 0 Å². The molecule has 0 aliphatic heterocycles. The maximum absolute atomic E-state index is 12.3. The molecule has 5 heteroatoms. The van der Waals surface area contributed by atoms with Gasteiger partial charge in [0.25, 0.3) is 5.91 Å². The zero-order valence-electron chi connectivity index (χ0n) is 10.5. The Hall–Kier alpha value is -0.420. The standard InChI is InChI=1S/C10H22N2O2S/c1-7-8(13)12-15(6,14)9(11-5)10(2,3)4/h9,11H,7H2,1-6H3.